The Morgan fingerprint density at radius 3 is 2.75 bits per heavy atom. The van der Waals surface area contributed by atoms with Gasteiger partial charge in [-0.25, -0.2) is 0 Å². The minimum absolute atomic E-state index is 0.0202. The molecule has 0 aliphatic rings. The quantitative estimate of drug-likeness (QED) is 0.405. The maximum Gasteiger partial charge on any atom is 0.311 e. The highest BCUT2D eigenvalue weighted by Gasteiger charge is 2.15. The van der Waals surface area contributed by atoms with Crippen LogP contribution in [0.2, 0.25) is 0 Å². The molecular weight excluding hydrogens is 278 g/mol. The molecule has 0 atom stereocenters. The van der Waals surface area contributed by atoms with Crippen molar-refractivity contribution >= 4 is 23.3 Å². The van der Waals surface area contributed by atoms with Crippen LogP contribution < -0.4 is 10.1 Å². The van der Waals surface area contributed by atoms with Gasteiger partial charge < -0.3 is 10.1 Å². The van der Waals surface area contributed by atoms with Crippen LogP contribution in [0.3, 0.4) is 0 Å². The van der Waals surface area contributed by atoms with Crippen LogP contribution in [0.25, 0.3) is 0 Å². The van der Waals surface area contributed by atoms with Gasteiger partial charge in [0.25, 0.3) is 0 Å². The van der Waals surface area contributed by atoms with Gasteiger partial charge in [0.05, 0.1) is 12.0 Å². The Balaban J connectivity index is 2.43. The number of ether oxygens (including phenoxy) is 1. The van der Waals surface area contributed by atoms with Crippen molar-refractivity contribution in [2.75, 3.05) is 31.0 Å². The number of hydrogen-bond acceptors (Lipinski definition) is 6. The second-order valence-electron chi connectivity index (χ2n) is 4.31. The predicted octanol–water partition coefficient (Wildman–Crippen LogP) is 3.33. The normalized spacial score (nSPS) is 10.3. The van der Waals surface area contributed by atoms with Crippen LogP contribution in [-0.2, 0) is 0 Å². The molecule has 0 radical (unpaired) electrons. The molecule has 0 unspecified atom stereocenters. The van der Waals surface area contributed by atoms with Crippen molar-refractivity contribution in [2.24, 2.45) is 0 Å². The number of rotatable bonds is 10. The van der Waals surface area contributed by atoms with Crippen LogP contribution in [0.5, 0.6) is 5.88 Å². The molecule has 0 bridgehead atoms. The number of pyridine rings is 1. The van der Waals surface area contributed by atoms with Gasteiger partial charge in [0, 0.05) is 18.7 Å². The number of unbranched alkanes of at least 4 members (excludes halogenated alkanes) is 3. The van der Waals surface area contributed by atoms with Gasteiger partial charge in [-0.05, 0) is 24.9 Å². The summed E-state index contributed by atoms with van der Waals surface area (Å²) in [6.07, 6.45) is 6.61. The fraction of sp³-hybridized carbons (Fsp3) is 0.615. The number of thioether (sulfide) groups is 1. The first-order chi connectivity index (χ1) is 9.69. The maximum atomic E-state index is 10.9. The molecule has 0 fully saturated rings. The summed E-state index contributed by atoms with van der Waals surface area (Å²) in [6, 6.07) is 2.90. The SMILES string of the molecule is COc1ccc([N+](=O)[O-])c(NCCCCCCSC)n1. The molecule has 1 heterocycles. The topological polar surface area (TPSA) is 77.3 Å². The summed E-state index contributed by atoms with van der Waals surface area (Å²) in [6.45, 7) is 0.681. The van der Waals surface area contributed by atoms with Gasteiger partial charge in [0.15, 0.2) is 0 Å². The fourth-order valence-electron chi connectivity index (χ4n) is 1.76. The number of aromatic nitrogens is 1. The first-order valence-corrected chi connectivity index (χ1v) is 8.00. The van der Waals surface area contributed by atoms with E-state index in [1.54, 1.807) is 0 Å². The van der Waals surface area contributed by atoms with E-state index in [9.17, 15) is 10.1 Å². The van der Waals surface area contributed by atoms with Gasteiger partial charge in [-0.15, -0.1) is 0 Å². The monoisotopic (exact) mass is 299 g/mol. The first kappa shape index (κ1) is 16.6. The van der Waals surface area contributed by atoms with Gasteiger partial charge in [0.1, 0.15) is 0 Å². The van der Waals surface area contributed by atoms with E-state index >= 15 is 0 Å². The minimum atomic E-state index is -0.437. The van der Waals surface area contributed by atoms with Gasteiger partial charge in [-0.2, -0.15) is 16.7 Å². The summed E-state index contributed by atoms with van der Waals surface area (Å²) < 4.78 is 4.99. The fourth-order valence-corrected chi connectivity index (χ4v) is 2.25. The molecule has 20 heavy (non-hydrogen) atoms. The lowest BCUT2D eigenvalue weighted by Gasteiger charge is -2.07. The van der Waals surface area contributed by atoms with Crippen LogP contribution in [-0.4, -0.2) is 35.6 Å². The smallest absolute Gasteiger partial charge is 0.311 e. The summed E-state index contributed by atoms with van der Waals surface area (Å²) in [7, 11) is 1.49. The van der Waals surface area contributed by atoms with E-state index in [0.29, 0.717) is 12.4 Å². The van der Waals surface area contributed by atoms with E-state index < -0.39 is 4.92 Å². The molecule has 0 saturated heterocycles. The molecule has 1 aromatic rings. The zero-order valence-electron chi connectivity index (χ0n) is 11.9. The molecule has 1 N–H and O–H groups in total. The molecule has 0 aliphatic heterocycles. The van der Waals surface area contributed by atoms with Crippen molar-refractivity contribution in [1.82, 2.24) is 4.98 Å². The molecule has 6 nitrogen and oxygen atoms in total. The number of anilines is 1. The number of hydrogen-bond donors (Lipinski definition) is 1. The van der Waals surface area contributed by atoms with E-state index in [2.05, 4.69) is 16.6 Å². The van der Waals surface area contributed by atoms with Crippen LogP contribution in [0.15, 0.2) is 12.1 Å². The second kappa shape index (κ2) is 9.41. The molecule has 0 amide bonds. The van der Waals surface area contributed by atoms with Crippen molar-refractivity contribution in [3.63, 3.8) is 0 Å². The van der Waals surface area contributed by atoms with Gasteiger partial charge >= 0.3 is 5.69 Å². The molecule has 7 heteroatoms. The highest BCUT2D eigenvalue weighted by atomic mass is 32.2. The van der Waals surface area contributed by atoms with Crippen LogP contribution in [0.4, 0.5) is 11.5 Å². The molecule has 1 rings (SSSR count). The Morgan fingerprint density at radius 1 is 1.35 bits per heavy atom. The Morgan fingerprint density at radius 2 is 2.10 bits per heavy atom. The average Bonchev–Trinajstić information content (AvgIpc) is 2.45. The van der Waals surface area contributed by atoms with Gasteiger partial charge in [0.2, 0.25) is 11.7 Å². The van der Waals surface area contributed by atoms with E-state index in [4.69, 9.17) is 4.74 Å². The summed E-state index contributed by atoms with van der Waals surface area (Å²) in [5.41, 5.74) is -0.0202. The number of nitrogens with one attached hydrogen (secondary N) is 1. The van der Waals surface area contributed by atoms with Crippen molar-refractivity contribution in [3.05, 3.63) is 22.2 Å². The maximum absolute atomic E-state index is 10.9. The lowest BCUT2D eigenvalue weighted by molar-refractivity contribution is -0.384. The van der Waals surface area contributed by atoms with Crippen LogP contribution in [0.1, 0.15) is 25.7 Å². The second-order valence-corrected chi connectivity index (χ2v) is 5.30. The summed E-state index contributed by atoms with van der Waals surface area (Å²) in [5.74, 6) is 1.84. The molecule has 0 saturated carbocycles. The highest BCUT2D eigenvalue weighted by molar-refractivity contribution is 7.98. The van der Waals surface area contributed by atoms with Gasteiger partial charge in [-0.1, -0.05) is 12.8 Å². The van der Waals surface area contributed by atoms with Crippen molar-refractivity contribution in [3.8, 4) is 5.88 Å². The van der Waals surface area contributed by atoms with Crippen molar-refractivity contribution < 1.29 is 9.66 Å². The Labute approximate surface area is 123 Å². The van der Waals surface area contributed by atoms with Crippen molar-refractivity contribution in [2.45, 2.75) is 25.7 Å². The third kappa shape index (κ3) is 5.64. The number of nitrogens with zero attached hydrogens (tertiary/aromatic N) is 2. The van der Waals surface area contributed by atoms with Crippen molar-refractivity contribution in [1.29, 1.82) is 0 Å². The molecule has 1 aromatic heterocycles. The van der Waals surface area contributed by atoms with E-state index in [0.717, 1.165) is 12.8 Å². The van der Waals surface area contributed by atoms with Crippen LogP contribution >= 0.6 is 11.8 Å². The Bertz CT molecular complexity index is 429. The van der Waals surface area contributed by atoms with E-state index in [-0.39, 0.29) is 11.5 Å². The average molecular weight is 299 g/mol. The largest absolute Gasteiger partial charge is 0.481 e. The summed E-state index contributed by atoms with van der Waals surface area (Å²) >= 11 is 1.86. The minimum Gasteiger partial charge on any atom is -0.481 e. The number of nitro groups is 1. The lowest BCUT2D eigenvalue weighted by atomic mass is 10.2. The standard InChI is InChI=1S/C13H21N3O3S/c1-19-12-8-7-11(16(17)18)13(15-12)14-9-5-3-4-6-10-20-2/h7-8H,3-6,9-10H2,1-2H3,(H,14,15). The summed E-state index contributed by atoms with van der Waals surface area (Å²) in [4.78, 5) is 14.6. The lowest BCUT2D eigenvalue weighted by Crippen LogP contribution is -2.07. The zero-order valence-corrected chi connectivity index (χ0v) is 12.7. The third-order valence-electron chi connectivity index (χ3n) is 2.82. The predicted molar refractivity (Wildman–Crippen MR) is 82.8 cm³/mol. The van der Waals surface area contributed by atoms with Crippen LogP contribution in [0, 0.1) is 10.1 Å². The molecule has 0 aromatic carbocycles. The third-order valence-corrected chi connectivity index (χ3v) is 3.52. The molecule has 112 valence electrons. The summed E-state index contributed by atoms with van der Waals surface area (Å²) in [5, 5.41) is 13.9. The molecule has 0 aliphatic carbocycles. The molecule has 0 spiro atoms. The Hall–Kier alpha value is -1.50. The first-order valence-electron chi connectivity index (χ1n) is 6.61. The number of methoxy groups -OCH3 is 1. The molecular formula is C13H21N3O3S. The van der Waals surface area contributed by atoms with Gasteiger partial charge in [-0.3, -0.25) is 10.1 Å². The highest BCUT2D eigenvalue weighted by Crippen LogP contribution is 2.24. The van der Waals surface area contributed by atoms with E-state index in [1.807, 2.05) is 11.8 Å². The Kier molecular flexibility index (Phi) is 7.79. The van der Waals surface area contributed by atoms with E-state index in [1.165, 1.54) is 37.8 Å². The zero-order chi connectivity index (χ0) is 14.8.